The summed E-state index contributed by atoms with van der Waals surface area (Å²) in [4.78, 5) is 12.1. The first-order valence-electron chi connectivity index (χ1n) is 6.31. The van der Waals surface area contributed by atoms with Crippen molar-refractivity contribution in [2.45, 2.75) is 46.1 Å². The molecule has 0 bridgehead atoms. The quantitative estimate of drug-likeness (QED) is 0.725. The van der Waals surface area contributed by atoms with Crippen LogP contribution >= 0.6 is 0 Å². The Labute approximate surface area is 104 Å². The van der Waals surface area contributed by atoms with Gasteiger partial charge in [-0.05, 0) is 24.8 Å². The molecule has 0 aliphatic carbocycles. The van der Waals surface area contributed by atoms with Crippen LogP contribution in [0.25, 0.3) is 0 Å². The molecule has 0 radical (unpaired) electrons. The van der Waals surface area contributed by atoms with Gasteiger partial charge in [0.2, 0.25) is 0 Å². The minimum atomic E-state index is -0.141. The molecule has 1 aromatic carbocycles. The lowest BCUT2D eigenvalue weighted by molar-refractivity contribution is -0.152. The highest BCUT2D eigenvalue weighted by atomic mass is 16.5. The highest BCUT2D eigenvalue weighted by molar-refractivity contribution is 5.78. The van der Waals surface area contributed by atoms with Crippen LogP contribution in [0.3, 0.4) is 0 Å². The van der Waals surface area contributed by atoms with E-state index >= 15 is 0 Å². The molecule has 0 spiro atoms. The standard InChI is InChI=1S/C15H22O2/c1-5-14(13-9-7-6-8-10-13)15(16)17-12(4)11(2)3/h6-12,14H,5H2,1-4H3. The van der Waals surface area contributed by atoms with Gasteiger partial charge in [0.25, 0.3) is 0 Å². The lowest BCUT2D eigenvalue weighted by atomic mass is 9.96. The van der Waals surface area contributed by atoms with Crippen LogP contribution in [-0.2, 0) is 9.53 Å². The van der Waals surface area contributed by atoms with Crippen molar-refractivity contribution in [2.75, 3.05) is 0 Å². The average molecular weight is 234 g/mol. The Balaban J connectivity index is 2.72. The van der Waals surface area contributed by atoms with Crippen LogP contribution in [0.15, 0.2) is 30.3 Å². The van der Waals surface area contributed by atoms with Crippen molar-refractivity contribution < 1.29 is 9.53 Å². The second-order valence-electron chi connectivity index (χ2n) is 4.76. The van der Waals surface area contributed by atoms with Gasteiger partial charge in [0, 0.05) is 0 Å². The van der Waals surface area contributed by atoms with Crippen molar-refractivity contribution >= 4 is 5.97 Å². The first-order valence-corrected chi connectivity index (χ1v) is 6.31. The van der Waals surface area contributed by atoms with E-state index in [2.05, 4.69) is 13.8 Å². The van der Waals surface area contributed by atoms with E-state index < -0.39 is 0 Å². The van der Waals surface area contributed by atoms with Crippen LogP contribution in [0.1, 0.15) is 45.6 Å². The molecule has 0 saturated carbocycles. The van der Waals surface area contributed by atoms with Gasteiger partial charge < -0.3 is 4.74 Å². The Hall–Kier alpha value is -1.31. The van der Waals surface area contributed by atoms with E-state index in [1.807, 2.05) is 44.2 Å². The molecule has 0 N–H and O–H groups in total. The zero-order valence-electron chi connectivity index (χ0n) is 11.1. The SMILES string of the molecule is CCC(C(=O)OC(C)C(C)C)c1ccccc1. The molecule has 2 atom stereocenters. The summed E-state index contributed by atoms with van der Waals surface area (Å²) in [6.45, 7) is 8.07. The molecule has 1 aromatic rings. The minimum absolute atomic E-state index is 0.0275. The third-order valence-electron chi connectivity index (χ3n) is 3.14. The molecule has 94 valence electrons. The van der Waals surface area contributed by atoms with Gasteiger partial charge in [0.1, 0.15) is 6.10 Å². The van der Waals surface area contributed by atoms with Crippen LogP contribution in [-0.4, -0.2) is 12.1 Å². The minimum Gasteiger partial charge on any atom is -0.462 e. The predicted molar refractivity (Wildman–Crippen MR) is 69.9 cm³/mol. The van der Waals surface area contributed by atoms with Gasteiger partial charge in [0.15, 0.2) is 0 Å². The van der Waals surface area contributed by atoms with E-state index in [1.54, 1.807) is 0 Å². The zero-order valence-corrected chi connectivity index (χ0v) is 11.1. The van der Waals surface area contributed by atoms with Crippen LogP contribution < -0.4 is 0 Å². The number of hydrogen-bond acceptors (Lipinski definition) is 2. The van der Waals surface area contributed by atoms with Gasteiger partial charge in [-0.2, -0.15) is 0 Å². The average Bonchev–Trinajstić information content (AvgIpc) is 2.31. The molecule has 0 aliphatic rings. The number of esters is 1. The molecule has 2 heteroatoms. The van der Waals surface area contributed by atoms with Crippen LogP contribution in [0, 0.1) is 5.92 Å². The Morgan fingerprint density at radius 1 is 1.18 bits per heavy atom. The summed E-state index contributed by atoms with van der Waals surface area (Å²) in [7, 11) is 0. The van der Waals surface area contributed by atoms with E-state index in [1.165, 1.54) is 0 Å². The van der Waals surface area contributed by atoms with Crippen molar-refractivity contribution in [1.29, 1.82) is 0 Å². The van der Waals surface area contributed by atoms with Gasteiger partial charge in [-0.1, -0.05) is 51.1 Å². The maximum absolute atomic E-state index is 12.1. The van der Waals surface area contributed by atoms with Crippen molar-refractivity contribution in [1.82, 2.24) is 0 Å². The fourth-order valence-corrected chi connectivity index (χ4v) is 1.63. The summed E-state index contributed by atoms with van der Waals surface area (Å²) >= 11 is 0. The van der Waals surface area contributed by atoms with Gasteiger partial charge in [-0.3, -0.25) is 4.79 Å². The summed E-state index contributed by atoms with van der Waals surface area (Å²) in [6.07, 6.45) is 0.744. The lowest BCUT2D eigenvalue weighted by Gasteiger charge is -2.21. The Morgan fingerprint density at radius 3 is 2.24 bits per heavy atom. The van der Waals surface area contributed by atoms with Gasteiger partial charge in [0.05, 0.1) is 5.92 Å². The number of hydrogen-bond donors (Lipinski definition) is 0. The molecule has 0 aliphatic heterocycles. The smallest absolute Gasteiger partial charge is 0.313 e. The Bertz CT molecular complexity index is 343. The van der Waals surface area contributed by atoms with Crippen molar-refractivity contribution in [3.63, 3.8) is 0 Å². The molecule has 2 unspecified atom stereocenters. The first kappa shape index (κ1) is 13.8. The summed E-state index contributed by atoms with van der Waals surface area (Å²) in [5.74, 6) is 0.101. The van der Waals surface area contributed by atoms with Crippen LogP contribution in [0.2, 0.25) is 0 Å². The highest BCUT2D eigenvalue weighted by Gasteiger charge is 2.22. The fraction of sp³-hybridized carbons (Fsp3) is 0.533. The third-order valence-corrected chi connectivity index (χ3v) is 3.14. The summed E-state index contributed by atoms with van der Waals surface area (Å²) < 4.78 is 5.48. The number of carbonyl (C=O) groups is 1. The van der Waals surface area contributed by atoms with Crippen molar-refractivity contribution in [2.24, 2.45) is 5.92 Å². The summed E-state index contributed by atoms with van der Waals surface area (Å²) in [6, 6.07) is 9.83. The molecule has 0 fully saturated rings. The lowest BCUT2D eigenvalue weighted by Crippen LogP contribution is -2.24. The zero-order chi connectivity index (χ0) is 12.8. The Morgan fingerprint density at radius 2 is 1.76 bits per heavy atom. The number of rotatable bonds is 5. The van der Waals surface area contributed by atoms with E-state index in [0.29, 0.717) is 5.92 Å². The molecular formula is C15H22O2. The summed E-state index contributed by atoms with van der Waals surface area (Å²) in [5, 5.41) is 0. The normalized spacial score (nSPS) is 14.4. The first-order chi connectivity index (χ1) is 8.06. The monoisotopic (exact) mass is 234 g/mol. The maximum Gasteiger partial charge on any atom is 0.313 e. The number of ether oxygens (including phenoxy) is 1. The number of carbonyl (C=O) groups excluding carboxylic acids is 1. The second-order valence-corrected chi connectivity index (χ2v) is 4.76. The van der Waals surface area contributed by atoms with Crippen LogP contribution in [0.5, 0.6) is 0 Å². The topological polar surface area (TPSA) is 26.3 Å². The van der Waals surface area contributed by atoms with Crippen LogP contribution in [0.4, 0.5) is 0 Å². The molecule has 0 aromatic heterocycles. The Kier molecular flexibility index (Phi) is 5.20. The van der Waals surface area contributed by atoms with Crippen molar-refractivity contribution in [3.05, 3.63) is 35.9 Å². The van der Waals surface area contributed by atoms with E-state index in [-0.39, 0.29) is 18.0 Å². The molecule has 2 nitrogen and oxygen atoms in total. The largest absolute Gasteiger partial charge is 0.462 e. The molecule has 0 amide bonds. The highest BCUT2D eigenvalue weighted by Crippen LogP contribution is 2.22. The molecule has 1 rings (SSSR count). The van der Waals surface area contributed by atoms with Gasteiger partial charge in [-0.15, -0.1) is 0 Å². The second kappa shape index (κ2) is 6.43. The van der Waals surface area contributed by atoms with Gasteiger partial charge >= 0.3 is 5.97 Å². The molecule has 0 heterocycles. The van der Waals surface area contributed by atoms with E-state index in [0.717, 1.165) is 12.0 Å². The van der Waals surface area contributed by atoms with E-state index in [4.69, 9.17) is 4.74 Å². The molecule has 0 saturated heterocycles. The van der Waals surface area contributed by atoms with Gasteiger partial charge in [-0.25, -0.2) is 0 Å². The number of benzene rings is 1. The van der Waals surface area contributed by atoms with Crippen molar-refractivity contribution in [3.8, 4) is 0 Å². The molecule has 17 heavy (non-hydrogen) atoms. The van der Waals surface area contributed by atoms with E-state index in [9.17, 15) is 4.79 Å². The fourth-order valence-electron chi connectivity index (χ4n) is 1.63. The summed E-state index contributed by atoms with van der Waals surface area (Å²) in [5.41, 5.74) is 1.04. The maximum atomic E-state index is 12.1. The third kappa shape index (κ3) is 3.88. The predicted octanol–water partition coefficient (Wildman–Crippen LogP) is 3.77. The molecular weight excluding hydrogens is 212 g/mol.